The number of benzene rings is 3. The zero-order valence-corrected chi connectivity index (χ0v) is 14.7. The van der Waals surface area contributed by atoms with Gasteiger partial charge in [-0.1, -0.05) is 42.5 Å². The van der Waals surface area contributed by atoms with Crippen LogP contribution in [0.2, 0.25) is 0 Å². The van der Waals surface area contributed by atoms with E-state index in [0.717, 1.165) is 23.4 Å². The van der Waals surface area contributed by atoms with Gasteiger partial charge in [0.1, 0.15) is 11.5 Å². The SMILES string of the molecule is CC(OCc1cccc(Oc2ccccc2)c1)c1cccc(C(F)(F)F)c1. The van der Waals surface area contributed by atoms with Gasteiger partial charge in [-0.15, -0.1) is 0 Å². The summed E-state index contributed by atoms with van der Waals surface area (Å²) in [6, 6.07) is 22.0. The molecule has 5 heteroatoms. The van der Waals surface area contributed by atoms with Crippen molar-refractivity contribution >= 4 is 0 Å². The lowest BCUT2D eigenvalue weighted by Gasteiger charge is -2.16. The summed E-state index contributed by atoms with van der Waals surface area (Å²) in [6.45, 7) is 2.00. The molecule has 0 saturated heterocycles. The molecule has 0 radical (unpaired) electrons. The van der Waals surface area contributed by atoms with Crippen LogP contribution < -0.4 is 4.74 Å². The van der Waals surface area contributed by atoms with Gasteiger partial charge >= 0.3 is 6.18 Å². The van der Waals surface area contributed by atoms with Crippen LogP contribution in [0.3, 0.4) is 0 Å². The van der Waals surface area contributed by atoms with E-state index in [-0.39, 0.29) is 6.61 Å². The minimum atomic E-state index is -4.36. The van der Waals surface area contributed by atoms with Crippen LogP contribution in [0.5, 0.6) is 11.5 Å². The first-order valence-corrected chi connectivity index (χ1v) is 8.52. The lowest BCUT2D eigenvalue weighted by Crippen LogP contribution is -2.07. The molecule has 3 rings (SSSR count). The van der Waals surface area contributed by atoms with E-state index in [1.54, 1.807) is 13.0 Å². The molecule has 0 heterocycles. The molecule has 1 unspecified atom stereocenters. The van der Waals surface area contributed by atoms with Crippen molar-refractivity contribution in [2.24, 2.45) is 0 Å². The summed E-state index contributed by atoms with van der Waals surface area (Å²) in [6.07, 6.45) is -4.83. The fraction of sp³-hybridized carbons (Fsp3) is 0.182. The van der Waals surface area contributed by atoms with Gasteiger partial charge in [-0.2, -0.15) is 13.2 Å². The Balaban J connectivity index is 1.64. The van der Waals surface area contributed by atoms with Crippen molar-refractivity contribution in [1.82, 2.24) is 0 Å². The first kappa shape index (κ1) is 19.0. The van der Waals surface area contributed by atoms with Crippen molar-refractivity contribution in [1.29, 1.82) is 0 Å². The van der Waals surface area contributed by atoms with Gasteiger partial charge in [0.25, 0.3) is 0 Å². The van der Waals surface area contributed by atoms with Crippen molar-refractivity contribution in [3.63, 3.8) is 0 Å². The van der Waals surface area contributed by atoms with Crippen LogP contribution in [0.4, 0.5) is 13.2 Å². The highest BCUT2D eigenvalue weighted by molar-refractivity contribution is 5.33. The molecule has 0 bridgehead atoms. The van der Waals surface area contributed by atoms with E-state index < -0.39 is 17.8 Å². The molecule has 2 nitrogen and oxygen atoms in total. The molecular formula is C22H19F3O2. The van der Waals surface area contributed by atoms with Crippen LogP contribution in [-0.2, 0) is 17.5 Å². The molecule has 0 aliphatic rings. The molecule has 0 aromatic heterocycles. The summed E-state index contributed by atoms with van der Waals surface area (Å²) in [5.74, 6) is 1.40. The fourth-order valence-electron chi connectivity index (χ4n) is 2.61. The first-order valence-electron chi connectivity index (χ1n) is 8.52. The fourth-order valence-corrected chi connectivity index (χ4v) is 2.61. The van der Waals surface area contributed by atoms with Gasteiger partial charge < -0.3 is 9.47 Å². The van der Waals surface area contributed by atoms with Crippen molar-refractivity contribution in [3.05, 3.63) is 95.6 Å². The second-order valence-electron chi connectivity index (χ2n) is 6.14. The van der Waals surface area contributed by atoms with Gasteiger partial charge in [0.05, 0.1) is 18.3 Å². The Morgan fingerprint density at radius 2 is 1.52 bits per heavy atom. The van der Waals surface area contributed by atoms with Crippen LogP contribution in [0.1, 0.15) is 29.7 Å². The van der Waals surface area contributed by atoms with Gasteiger partial charge in [0.15, 0.2) is 0 Å². The molecule has 0 fully saturated rings. The third-order valence-electron chi connectivity index (χ3n) is 4.06. The maximum absolute atomic E-state index is 12.9. The predicted octanol–water partition coefficient (Wildman–Crippen LogP) is 6.78. The number of para-hydroxylation sites is 1. The Bertz CT molecular complexity index is 876. The van der Waals surface area contributed by atoms with Gasteiger partial charge in [-0.05, 0) is 54.4 Å². The van der Waals surface area contributed by atoms with Crippen LogP contribution in [0.25, 0.3) is 0 Å². The smallest absolute Gasteiger partial charge is 0.416 e. The number of halogens is 3. The van der Waals surface area contributed by atoms with Crippen LogP contribution in [0, 0.1) is 0 Å². The highest BCUT2D eigenvalue weighted by Crippen LogP contribution is 2.31. The van der Waals surface area contributed by atoms with Crippen molar-refractivity contribution < 1.29 is 22.6 Å². The van der Waals surface area contributed by atoms with Crippen molar-refractivity contribution in [2.75, 3.05) is 0 Å². The van der Waals surface area contributed by atoms with Crippen LogP contribution in [-0.4, -0.2) is 0 Å². The normalized spacial score (nSPS) is 12.6. The van der Waals surface area contributed by atoms with E-state index in [9.17, 15) is 13.2 Å². The Morgan fingerprint density at radius 3 is 2.26 bits per heavy atom. The average Bonchev–Trinajstić information content (AvgIpc) is 2.67. The second-order valence-corrected chi connectivity index (χ2v) is 6.14. The number of hydrogen-bond acceptors (Lipinski definition) is 2. The number of ether oxygens (including phenoxy) is 2. The van der Waals surface area contributed by atoms with E-state index >= 15 is 0 Å². The van der Waals surface area contributed by atoms with Gasteiger partial charge in [-0.25, -0.2) is 0 Å². The highest BCUT2D eigenvalue weighted by Gasteiger charge is 2.30. The summed E-state index contributed by atoms with van der Waals surface area (Å²) >= 11 is 0. The standard InChI is InChI=1S/C22H19F3O2/c1-16(18-8-6-9-19(14-18)22(23,24)25)26-15-17-7-5-12-21(13-17)27-20-10-3-2-4-11-20/h2-14,16H,15H2,1H3. The Morgan fingerprint density at radius 1 is 0.815 bits per heavy atom. The summed E-state index contributed by atoms with van der Waals surface area (Å²) in [4.78, 5) is 0. The quantitative estimate of drug-likeness (QED) is 0.475. The monoisotopic (exact) mass is 372 g/mol. The topological polar surface area (TPSA) is 18.5 Å². The number of hydrogen-bond donors (Lipinski definition) is 0. The van der Waals surface area contributed by atoms with E-state index in [1.165, 1.54) is 6.07 Å². The Hall–Kier alpha value is -2.79. The number of alkyl halides is 3. The minimum Gasteiger partial charge on any atom is -0.457 e. The molecule has 0 amide bonds. The molecule has 27 heavy (non-hydrogen) atoms. The second kappa shape index (κ2) is 8.27. The minimum absolute atomic E-state index is 0.267. The maximum atomic E-state index is 12.9. The number of rotatable bonds is 6. The van der Waals surface area contributed by atoms with E-state index in [2.05, 4.69) is 0 Å². The van der Waals surface area contributed by atoms with Gasteiger partial charge in [-0.3, -0.25) is 0 Å². The van der Waals surface area contributed by atoms with E-state index in [1.807, 2.05) is 54.6 Å². The third kappa shape index (κ3) is 5.34. The molecule has 0 N–H and O–H groups in total. The largest absolute Gasteiger partial charge is 0.457 e. The van der Waals surface area contributed by atoms with Crippen LogP contribution in [0.15, 0.2) is 78.9 Å². The first-order chi connectivity index (χ1) is 12.9. The summed E-state index contributed by atoms with van der Waals surface area (Å²) < 4.78 is 50.1. The lowest BCUT2D eigenvalue weighted by atomic mass is 10.1. The lowest BCUT2D eigenvalue weighted by molar-refractivity contribution is -0.137. The Labute approximate surface area is 156 Å². The Kier molecular flexibility index (Phi) is 5.81. The maximum Gasteiger partial charge on any atom is 0.416 e. The van der Waals surface area contributed by atoms with Crippen molar-refractivity contribution in [2.45, 2.75) is 25.8 Å². The molecule has 0 saturated carbocycles. The molecule has 0 aliphatic carbocycles. The molecular weight excluding hydrogens is 353 g/mol. The third-order valence-corrected chi connectivity index (χ3v) is 4.06. The predicted molar refractivity (Wildman–Crippen MR) is 97.6 cm³/mol. The average molecular weight is 372 g/mol. The molecule has 3 aromatic rings. The zero-order valence-electron chi connectivity index (χ0n) is 14.7. The molecule has 3 aromatic carbocycles. The van der Waals surface area contributed by atoms with Crippen molar-refractivity contribution in [3.8, 4) is 11.5 Å². The zero-order chi connectivity index (χ0) is 19.3. The highest BCUT2D eigenvalue weighted by atomic mass is 19.4. The summed E-state index contributed by atoms with van der Waals surface area (Å²) in [5, 5.41) is 0. The van der Waals surface area contributed by atoms with Gasteiger partial charge in [0.2, 0.25) is 0 Å². The van der Waals surface area contributed by atoms with Crippen LogP contribution >= 0.6 is 0 Å². The molecule has 0 spiro atoms. The van der Waals surface area contributed by atoms with Gasteiger partial charge in [0, 0.05) is 0 Å². The summed E-state index contributed by atoms with van der Waals surface area (Å²) in [5.41, 5.74) is 0.692. The molecule has 0 aliphatic heterocycles. The summed E-state index contributed by atoms with van der Waals surface area (Å²) in [7, 11) is 0. The van der Waals surface area contributed by atoms with E-state index in [0.29, 0.717) is 11.3 Å². The molecule has 140 valence electrons. The molecule has 1 atom stereocenters. The van der Waals surface area contributed by atoms with E-state index in [4.69, 9.17) is 9.47 Å².